The highest BCUT2D eigenvalue weighted by molar-refractivity contribution is 4.81. The van der Waals surface area contributed by atoms with E-state index in [1.54, 1.807) is 0 Å². The molecule has 2 saturated carbocycles. The second-order valence-corrected chi connectivity index (χ2v) is 6.12. The molecule has 0 aliphatic heterocycles. The van der Waals surface area contributed by atoms with Gasteiger partial charge < -0.3 is 5.32 Å². The van der Waals surface area contributed by atoms with E-state index in [1.807, 2.05) is 0 Å². The number of likely N-dealkylation sites (N-methyl/N-ethyl adjacent to an activating group) is 1. The average Bonchev–Trinajstić information content (AvgIpc) is 3.18. The Labute approximate surface area is 107 Å². The largest absolute Gasteiger partial charge is 0.312 e. The molecule has 0 aromatic rings. The number of hydrogen-bond donors (Lipinski definition) is 1. The van der Waals surface area contributed by atoms with E-state index in [0.717, 1.165) is 12.0 Å². The predicted octanol–water partition coefficient (Wildman–Crippen LogP) is 3.03. The predicted molar refractivity (Wildman–Crippen MR) is 74.3 cm³/mol. The minimum atomic E-state index is 0.711. The van der Waals surface area contributed by atoms with Gasteiger partial charge in [-0.15, -0.1) is 0 Å². The SMILES string of the molecule is CCN(CC1CC1)C(C)CNC1CCCCC1. The van der Waals surface area contributed by atoms with Crippen LogP contribution in [0.15, 0.2) is 0 Å². The van der Waals surface area contributed by atoms with Gasteiger partial charge in [-0.05, 0) is 45.1 Å². The zero-order chi connectivity index (χ0) is 12.1. The number of nitrogens with one attached hydrogen (secondary N) is 1. The fraction of sp³-hybridized carbons (Fsp3) is 1.00. The van der Waals surface area contributed by atoms with Gasteiger partial charge in [0.1, 0.15) is 0 Å². The van der Waals surface area contributed by atoms with Crippen molar-refractivity contribution < 1.29 is 0 Å². The Kier molecular flexibility index (Phi) is 5.30. The van der Waals surface area contributed by atoms with Crippen LogP contribution in [-0.4, -0.2) is 36.6 Å². The molecule has 17 heavy (non-hydrogen) atoms. The highest BCUT2D eigenvalue weighted by Crippen LogP contribution is 2.30. The summed E-state index contributed by atoms with van der Waals surface area (Å²) in [6.45, 7) is 8.43. The summed E-state index contributed by atoms with van der Waals surface area (Å²) in [4.78, 5) is 2.66. The molecular weight excluding hydrogens is 208 g/mol. The summed E-state index contributed by atoms with van der Waals surface area (Å²) in [5.74, 6) is 1.02. The van der Waals surface area contributed by atoms with E-state index in [4.69, 9.17) is 0 Å². The molecule has 0 heterocycles. The molecule has 1 atom stereocenters. The topological polar surface area (TPSA) is 15.3 Å². The molecule has 2 fully saturated rings. The summed E-state index contributed by atoms with van der Waals surface area (Å²) < 4.78 is 0. The summed E-state index contributed by atoms with van der Waals surface area (Å²) in [5.41, 5.74) is 0. The number of hydrogen-bond acceptors (Lipinski definition) is 2. The molecule has 0 aromatic heterocycles. The van der Waals surface area contributed by atoms with Crippen LogP contribution in [0.5, 0.6) is 0 Å². The van der Waals surface area contributed by atoms with E-state index < -0.39 is 0 Å². The minimum Gasteiger partial charge on any atom is -0.312 e. The van der Waals surface area contributed by atoms with Crippen LogP contribution in [0.1, 0.15) is 58.8 Å². The molecule has 2 aliphatic rings. The number of nitrogens with zero attached hydrogens (tertiary/aromatic N) is 1. The van der Waals surface area contributed by atoms with Crippen LogP contribution in [0.2, 0.25) is 0 Å². The maximum atomic E-state index is 3.79. The van der Waals surface area contributed by atoms with E-state index in [9.17, 15) is 0 Å². The average molecular weight is 238 g/mol. The Morgan fingerprint density at radius 1 is 1.12 bits per heavy atom. The maximum absolute atomic E-state index is 3.79. The Morgan fingerprint density at radius 2 is 1.82 bits per heavy atom. The Morgan fingerprint density at radius 3 is 2.41 bits per heavy atom. The lowest BCUT2D eigenvalue weighted by molar-refractivity contribution is 0.198. The number of rotatable bonds is 7. The first-order valence-corrected chi connectivity index (χ1v) is 7.77. The molecule has 1 N–H and O–H groups in total. The minimum absolute atomic E-state index is 0.711. The molecule has 0 amide bonds. The van der Waals surface area contributed by atoms with E-state index in [0.29, 0.717) is 6.04 Å². The molecular formula is C15H30N2. The van der Waals surface area contributed by atoms with Gasteiger partial charge >= 0.3 is 0 Å². The lowest BCUT2D eigenvalue weighted by Crippen LogP contribution is -2.44. The zero-order valence-corrected chi connectivity index (χ0v) is 11.8. The van der Waals surface area contributed by atoms with Crippen molar-refractivity contribution in [3.8, 4) is 0 Å². The first-order valence-electron chi connectivity index (χ1n) is 7.77. The van der Waals surface area contributed by atoms with Gasteiger partial charge in [0.25, 0.3) is 0 Å². The molecule has 1 unspecified atom stereocenters. The monoisotopic (exact) mass is 238 g/mol. The van der Waals surface area contributed by atoms with Gasteiger partial charge in [0.05, 0.1) is 0 Å². The highest BCUT2D eigenvalue weighted by atomic mass is 15.2. The van der Waals surface area contributed by atoms with Crippen molar-refractivity contribution >= 4 is 0 Å². The first-order chi connectivity index (χ1) is 8.29. The lowest BCUT2D eigenvalue weighted by atomic mass is 9.95. The van der Waals surface area contributed by atoms with Gasteiger partial charge in [-0.25, -0.2) is 0 Å². The molecule has 0 saturated heterocycles. The summed E-state index contributed by atoms with van der Waals surface area (Å²) >= 11 is 0. The van der Waals surface area contributed by atoms with Crippen LogP contribution in [0.25, 0.3) is 0 Å². The summed E-state index contributed by atoms with van der Waals surface area (Å²) in [5, 5.41) is 3.79. The van der Waals surface area contributed by atoms with Crippen molar-refractivity contribution in [2.45, 2.75) is 70.9 Å². The summed E-state index contributed by atoms with van der Waals surface area (Å²) in [7, 11) is 0. The van der Waals surface area contributed by atoms with Crippen LogP contribution >= 0.6 is 0 Å². The second-order valence-electron chi connectivity index (χ2n) is 6.12. The third kappa shape index (κ3) is 4.59. The molecule has 0 radical (unpaired) electrons. The van der Waals surface area contributed by atoms with Crippen LogP contribution in [0.4, 0.5) is 0 Å². The van der Waals surface area contributed by atoms with Gasteiger partial charge in [-0.2, -0.15) is 0 Å². The normalized spacial score (nSPS) is 24.2. The van der Waals surface area contributed by atoms with Crippen molar-refractivity contribution in [3.05, 3.63) is 0 Å². The highest BCUT2D eigenvalue weighted by Gasteiger charge is 2.26. The molecule has 0 bridgehead atoms. The van der Waals surface area contributed by atoms with E-state index in [1.165, 1.54) is 64.6 Å². The first kappa shape index (κ1) is 13.4. The maximum Gasteiger partial charge on any atom is 0.0192 e. The lowest BCUT2D eigenvalue weighted by Gasteiger charge is -2.31. The van der Waals surface area contributed by atoms with Crippen LogP contribution < -0.4 is 5.32 Å². The molecule has 0 spiro atoms. The molecule has 2 heteroatoms. The Bertz CT molecular complexity index is 207. The fourth-order valence-corrected chi connectivity index (χ4v) is 3.03. The Balaban J connectivity index is 1.64. The zero-order valence-electron chi connectivity index (χ0n) is 11.8. The van der Waals surface area contributed by atoms with Gasteiger partial charge in [0.15, 0.2) is 0 Å². The fourth-order valence-electron chi connectivity index (χ4n) is 3.03. The smallest absolute Gasteiger partial charge is 0.0192 e. The van der Waals surface area contributed by atoms with Crippen molar-refractivity contribution in [1.29, 1.82) is 0 Å². The molecule has 2 aliphatic carbocycles. The van der Waals surface area contributed by atoms with E-state index in [-0.39, 0.29) is 0 Å². The van der Waals surface area contributed by atoms with Gasteiger partial charge in [-0.3, -0.25) is 4.90 Å². The van der Waals surface area contributed by atoms with E-state index >= 15 is 0 Å². The summed E-state index contributed by atoms with van der Waals surface area (Å²) in [6.07, 6.45) is 10.1. The molecule has 2 rings (SSSR count). The third-order valence-electron chi connectivity index (χ3n) is 4.53. The van der Waals surface area contributed by atoms with Gasteiger partial charge in [-0.1, -0.05) is 26.2 Å². The second kappa shape index (κ2) is 6.75. The van der Waals surface area contributed by atoms with Crippen molar-refractivity contribution in [3.63, 3.8) is 0 Å². The van der Waals surface area contributed by atoms with Crippen molar-refractivity contribution in [2.75, 3.05) is 19.6 Å². The van der Waals surface area contributed by atoms with Crippen LogP contribution in [0, 0.1) is 5.92 Å². The van der Waals surface area contributed by atoms with Crippen LogP contribution in [0.3, 0.4) is 0 Å². The standard InChI is InChI=1S/C15H30N2/c1-3-17(12-14-9-10-14)13(2)11-16-15-7-5-4-6-8-15/h13-16H,3-12H2,1-2H3. The van der Waals surface area contributed by atoms with Crippen LogP contribution in [-0.2, 0) is 0 Å². The summed E-state index contributed by atoms with van der Waals surface area (Å²) in [6, 6.07) is 1.52. The van der Waals surface area contributed by atoms with Crippen molar-refractivity contribution in [1.82, 2.24) is 10.2 Å². The Hall–Kier alpha value is -0.0800. The molecule has 0 aromatic carbocycles. The van der Waals surface area contributed by atoms with Crippen molar-refractivity contribution in [2.24, 2.45) is 5.92 Å². The third-order valence-corrected chi connectivity index (χ3v) is 4.53. The quantitative estimate of drug-likeness (QED) is 0.733. The molecule has 100 valence electrons. The van der Waals surface area contributed by atoms with Gasteiger partial charge in [0.2, 0.25) is 0 Å². The van der Waals surface area contributed by atoms with Gasteiger partial charge in [0, 0.05) is 25.2 Å². The molecule has 2 nitrogen and oxygen atoms in total. The van der Waals surface area contributed by atoms with E-state index in [2.05, 4.69) is 24.1 Å².